The lowest BCUT2D eigenvalue weighted by atomic mass is 9.94. The summed E-state index contributed by atoms with van der Waals surface area (Å²) in [6.45, 7) is 1.28. The minimum absolute atomic E-state index is 0.0348. The van der Waals surface area contributed by atoms with Crippen LogP contribution in [0.2, 0.25) is 0 Å². The average molecular weight is 452 g/mol. The van der Waals surface area contributed by atoms with Crippen molar-refractivity contribution in [2.45, 2.75) is 19.1 Å². The van der Waals surface area contributed by atoms with Crippen LogP contribution in [0.15, 0.2) is 59.8 Å². The molecule has 2 aromatic carbocycles. The number of rotatable bonds is 6. The first-order valence-electron chi connectivity index (χ1n) is 9.61. The lowest BCUT2D eigenvalue weighted by molar-refractivity contribution is -0.139. The van der Waals surface area contributed by atoms with Gasteiger partial charge >= 0.3 is 18.2 Å². The van der Waals surface area contributed by atoms with Crippen molar-refractivity contribution in [2.75, 3.05) is 20.3 Å². The first-order valence-corrected chi connectivity index (χ1v) is 9.61. The van der Waals surface area contributed by atoms with Gasteiger partial charge in [-0.3, -0.25) is 4.90 Å². The Balaban J connectivity index is 2.00. The number of likely N-dealkylation sites (N-methyl/N-ethyl adjacent to an activating group) is 1. The number of halogens is 4. The molecule has 1 aliphatic rings. The number of alkyl halides is 3. The van der Waals surface area contributed by atoms with Gasteiger partial charge in [-0.2, -0.15) is 13.2 Å². The third-order valence-electron chi connectivity index (χ3n) is 4.81. The van der Waals surface area contributed by atoms with Crippen molar-refractivity contribution in [3.05, 3.63) is 76.7 Å². The number of carbonyl (C=O) groups is 2. The highest BCUT2D eigenvalue weighted by Gasteiger charge is 2.37. The molecular formula is C22H20F4N2O4. The number of esters is 1. The molecule has 6 nitrogen and oxygen atoms in total. The predicted octanol–water partition coefficient (Wildman–Crippen LogP) is 4.44. The van der Waals surface area contributed by atoms with Crippen molar-refractivity contribution in [1.29, 1.82) is 0 Å². The number of hydrogen-bond donors (Lipinski definition) is 1. The van der Waals surface area contributed by atoms with E-state index in [1.54, 1.807) is 6.92 Å². The summed E-state index contributed by atoms with van der Waals surface area (Å²) >= 11 is 0. The minimum Gasteiger partial charge on any atom is -0.487 e. The van der Waals surface area contributed by atoms with Crippen LogP contribution < -0.4 is 10.1 Å². The van der Waals surface area contributed by atoms with E-state index in [1.165, 1.54) is 43.4 Å². The number of hydrogen-bond acceptors (Lipinski definition) is 4. The smallest absolute Gasteiger partial charge is 0.416 e. The zero-order valence-corrected chi connectivity index (χ0v) is 17.2. The van der Waals surface area contributed by atoms with Gasteiger partial charge in [-0.25, -0.2) is 14.0 Å². The fourth-order valence-electron chi connectivity index (χ4n) is 3.20. The molecule has 1 atom stereocenters. The second kappa shape index (κ2) is 9.29. The molecule has 0 saturated carbocycles. The molecule has 1 unspecified atom stereocenters. The predicted molar refractivity (Wildman–Crippen MR) is 106 cm³/mol. The van der Waals surface area contributed by atoms with E-state index in [0.29, 0.717) is 5.56 Å². The Kier molecular flexibility index (Phi) is 6.71. The Morgan fingerprint density at radius 2 is 1.84 bits per heavy atom. The van der Waals surface area contributed by atoms with Crippen LogP contribution >= 0.6 is 0 Å². The number of nitrogens with one attached hydrogen (secondary N) is 1. The monoisotopic (exact) mass is 452 g/mol. The summed E-state index contributed by atoms with van der Waals surface area (Å²) in [4.78, 5) is 26.4. The molecule has 10 heteroatoms. The molecule has 0 fully saturated rings. The molecule has 170 valence electrons. The van der Waals surface area contributed by atoms with Gasteiger partial charge in [0.15, 0.2) is 0 Å². The molecule has 0 aromatic heterocycles. The second-order valence-electron chi connectivity index (χ2n) is 6.89. The van der Waals surface area contributed by atoms with Crippen molar-refractivity contribution in [2.24, 2.45) is 0 Å². The van der Waals surface area contributed by atoms with E-state index < -0.39 is 35.6 Å². The molecule has 1 heterocycles. The molecule has 3 rings (SSSR count). The second-order valence-corrected chi connectivity index (χ2v) is 6.89. The van der Waals surface area contributed by atoms with Crippen molar-refractivity contribution in [1.82, 2.24) is 10.2 Å². The SMILES string of the molecule is CCOC(=O)C1=C(COc2cccc(C(F)(F)F)c2)N(C)C(=O)NC1c1ccc(F)cc1. The molecule has 0 aliphatic carbocycles. The normalized spacial score (nSPS) is 16.6. The average Bonchev–Trinajstić information content (AvgIpc) is 2.74. The Morgan fingerprint density at radius 1 is 1.16 bits per heavy atom. The molecule has 2 aromatic rings. The van der Waals surface area contributed by atoms with Gasteiger partial charge < -0.3 is 14.8 Å². The summed E-state index contributed by atoms with van der Waals surface area (Å²) in [5.41, 5.74) is -0.326. The van der Waals surface area contributed by atoms with Gasteiger partial charge in [0.25, 0.3) is 0 Å². The van der Waals surface area contributed by atoms with Crippen LogP contribution in [0.5, 0.6) is 5.75 Å². The maximum Gasteiger partial charge on any atom is 0.416 e. The van der Waals surface area contributed by atoms with Crippen LogP contribution in [0.25, 0.3) is 0 Å². The van der Waals surface area contributed by atoms with Crippen LogP contribution in [0.1, 0.15) is 24.1 Å². The topological polar surface area (TPSA) is 67.9 Å². The summed E-state index contributed by atoms with van der Waals surface area (Å²) in [7, 11) is 1.39. The van der Waals surface area contributed by atoms with Gasteiger partial charge in [0.2, 0.25) is 0 Å². The first-order chi connectivity index (χ1) is 15.1. The molecular weight excluding hydrogens is 432 g/mol. The summed E-state index contributed by atoms with van der Waals surface area (Å²) in [6.07, 6.45) is -4.55. The van der Waals surface area contributed by atoms with Crippen molar-refractivity contribution >= 4 is 12.0 Å². The highest BCUT2D eigenvalue weighted by molar-refractivity contribution is 5.95. The highest BCUT2D eigenvalue weighted by Crippen LogP contribution is 2.33. The largest absolute Gasteiger partial charge is 0.487 e. The zero-order chi connectivity index (χ0) is 23.5. The number of carbonyl (C=O) groups excluding carboxylic acids is 2. The Hall–Kier alpha value is -3.56. The highest BCUT2D eigenvalue weighted by atomic mass is 19.4. The zero-order valence-electron chi connectivity index (χ0n) is 17.2. The molecule has 1 aliphatic heterocycles. The van der Waals surface area contributed by atoms with Gasteiger partial charge in [0, 0.05) is 7.05 Å². The summed E-state index contributed by atoms with van der Waals surface area (Å²) in [5, 5.41) is 2.65. The molecule has 1 N–H and O–H groups in total. The van der Waals surface area contributed by atoms with Crippen molar-refractivity contribution < 1.29 is 36.6 Å². The van der Waals surface area contributed by atoms with Crippen LogP contribution in [-0.4, -0.2) is 37.2 Å². The van der Waals surface area contributed by atoms with Gasteiger partial charge in [0.1, 0.15) is 18.2 Å². The number of benzene rings is 2. The van der Waals surface area contributed by atoms with E-state index in [-0.39, 0.29) is 30.2 Å². The lowest BCUT2D eigenvalue weighted by Crippen LogP contribution is -2.48. The molecule has 0 saturated heterocycles. The third kappa shape index (κ3) is 5.01. The third-order valence-corrected chi connectivity index (χ3v) is 4.81. The summed E-state index contributed by atoms with van der Waals surface area (Å²) < 4.78 is 63.0. The first kappa shape index (κ1) is 23.1. The minimum atomic E-state index is -4.55. The number of amides is 2. The van der Waals surface area contributed by atoms with Gasteiger partial charge in [-0.15, -0.1) is 0 Å². The molecule has 0 spiro atoms. The van der Waals surface area contributed by atoms with E-state index in [1.807, 2.05) is 0 Å². The molecule has 0 radical (unpaired) electrons. The number of ether oxygens (including phenoxy) is 2. The molecule has 32 heavy (non-hydrogen) atoms. The van der Waals surface area contributed by atoms with Gasteiger partial charge in [-0.05, 0) is 42.8 Å². The Bertz CT molecular complexity index is 1030. The van der Waals surface area contributed by atoms with E-state index in [2.05, 4.69) is 5.32 Å². The van der Waals surface area contributed by atoms with Gasteiger partial charge in [0.05, 0.1) is 29.5 Å². The summed E-state index contributed by atoms with van der Waals surface area (Å²) in [6, 6.07) is 7.91. The van der Waals surface area contributed by atoms with E-state index in [9.17, 15) is 27.2 Å². The van der Waals surface area contributed by atoms with Crippen LogP contribution in [0.3, 0.4) is 0 Å². The van der Waals surface area contributed by atoms with Crippen molar-refractivity contribution in [3.8, 4) is 5.75 Å². The van der Waals surface area contributed by atoms with E-state index >= 15 is 0 Å². The van der Waals surface area contributed by atoms with E-state index in [4.69, 9.17) is 9.47 Å². The number of urea groups is 1. The summed E-state index contributed by atoms with van der Waals surface area (Å²) in [5.74, 6) is -1.33. The van der Waals surface area contributed by atoms with Crippen LogP contribution in [0, 0.1) is 5.82 Å². The van der Waals surface area contributed by atoms with E-state index in [0.717, 1.165) is 17.0 Å². The Morgan fingerprint density at radius 3 is 2.47 bits per heavy atom. The quantitative estimate of drug-likeness (QED) is 0.520. The maximum atomic E-state index is 13.4. The fraction of sp³-hybridized carbons (Fsp3) is 0.273. The maximum absolute atomic E-state index is 13.4. The molecule has 2 amide bonds. The van der Waals surface area contributed by atoms with Crippen LogP contribution in [0.4, 0.5) is 22.4 Å². The Labute approximate surface area is 181 Å². The van der Waals surface area contributed by atoms with Crippen molar-refractivity contribution in [3.63, 3.8) is 0 Å². The standard InChI is InChI=1S/C22H20F4N2O4/c1-3-31-20(29)18-17(12-32-16-6-4-5-14(11-16)22(24,25)26)28(2)21(30)27-19(18)13-7-9-15(23)10-8-13/h4-11,19H,3,12H2,1-2H3,(H,27,30). The lowest BCUT2D eigenvalue weighted by Gasteiger charge is -2.34. The van der Waals surface area contributed by atoms with Crippen LogP contribution in [-0.2, 0) is 15.7 Å². The fourth-order valence-corrected chi connectivity index (χ4v) is 3.20. The number of nitrogens with zero attached hydrogens (tertiary/aromatic N) is 1. The van der Waals surface area contributed by atoms with Gasteiger partial charge in [-0.1, -0.05) is 18.2 Å². The molecule has 0 bridgehead atoms.